The number of nitrogens with one attached hydrogen (secondary N) is 1. The lowest BCUT2D eigenvalue weighted by atomic mass is 10.1. The van der Waals surface area contributed by atoms with Crippen molar-refractivity contribution in [2.45, 2.75) is 6.42 Å². The molecule has 1 heterocycles. The van der Waals surface area contributed by atoms with Crippen LogP contribution in [-0.2, 0) is 6.42 Å². The average molecular weight is 267 g/mol. The van der Waals surface area contributed by atoms with Crippen molar-refractivity contribution in [2.75, 3.05) is 11.9 Å². The third-order valence-corrected chi connectivity index (χ3v) is 2.84. The minimum absolute atomic E-state index is 0.647. The van der Waals surface area contributed by atoms with E-state index < -0.39 is 0 Å². The van der Waals surface area contributed by atoms with E-state index in [1.807, 2.05) is 36.4 Å². The molecule has 0 fully saturated rings. The summed E-state index contributed by atoms with van der Waals surface area (Å²) in [5, 5.41) is 4.64. The number of hydrogen-bond acceptors (Lipinski definition) is 2. The molecule has 0 spiro atoms. The second-order valence-corrected chi connectivity index (χ2v) is 4.54. The first-order valence-electron chi connectivity index (χ1n) is 5.34. The molecule has 1 N–H and O–H groups in total. The van der Waals surface area contributed by atoms with Crippen LogP contribution in [0.4, 0.5) is 5.82 Å². The van der Waals surface area contributed by atoms with Gasteiger partial charge in [0, 0.05) is 17.8 Å². The third-order valence-electron chi connectivity index (χ3n) is 2.36. The van der Waals surface area contributed by atoms with E-state index in [0.717, 1.165) is 23.8 Å². The lowest BCUT2D eigenvalue weighted by Crippen LogP contribution is -2.05. The van der Waals surface area contributed by atoms with E-state index in [1.54, 1.807) is 6.20 Å². The zero-order chi connectivity index (χ0) is 12.1. The van der Waals surface area contributed by atoms with Gasteiger partial charge in [-0.1, -0.05) is 35.3 Å². The third kappa shape index (κ3) is 3.91. The van der Waals surface area contributed by atoms with Crippen LogP contribution in [0, 0.1) is 0 Å². The molecule has 0 saturated carbocycles. The fraction of sp³-hybridized carbons (Fsp3) is 0.154. The first-order chi connectivity index (χ1) is 8.24. The van der Waals surface area contributed by atoms with Crippen LogP contribution < -0.4 is 5.32 Å². The summed E-state index contributed by atoms with van der Waals surface area (Å²) in [6, 6.07) is 11.5. The number of nitrogens with zero attached hydrogens (tertiary/aromatic N) is 1. The normalized spacial score (nSPS) is 10.2. The summed E-state index contributed by atoms with van der Waals surface area (Å²) in [6.45, 7) is 0.830. The Morgan fingerprint density at radius 1 is 0.941 bits per heavy atom. The molecule has 0 radical (unpaired) electrons. The van der Waals surface area contributed by atoms with Gasteiger partial charge in [-0.05, 0) is 36.2 Å². The van der Waals surface area contributed by atoms with Gasteiger partial charge < -0.3 is 5.32 Å². The Morgan fingerprint density at radius 2 is 1.65 bits per heavy atom. The zero-order valence-corrected chi connectivity index (χ0v) is 10.7. The first-order valence-corrected chi connectivity index (χ1v) is 6.09. The largest absolute Gasteiger partial charge is 0.370 e. The quantitative estimate of drug-likeness (QED) is 0.904. The van der Waals surface area contributed by atoms with Crippen molar-refractivity contribution in [2.24, 2.45) is 0 Å². The fourth-order valence-electron chi connectivity index (χ4n) is 1.47. The highest BCUT2D eigenvalue weighted by Crippen LogP contribution is 2.11. The van der Waals surface area contributed by atoms with Crippen LogP contribution in [-0.4, -0.2) is 11.5 Å². The molecule has 0 aliphatic carbocycles. The van der Waals surface area contributed by atoms with Gasteiger partial charge in [0.25, 0.3) is 0 Å². The molecule has 2 rings (SSSR count). The maximum atomic E-state index is 5.82. The molecule has 0 bridgehead atoms. The number of halogens is 2. The average Bonchev–Trinajstić information content (AvgIpc) is 2.34. The zero-order valence-electron chi connectivity index (χ0n) is 9.16. The standard InChI is InChI=1S/C13H12Cl2N2/c14-11-3-1-10(2-4-11)7-8-16-13-6-5-12(15)9-17-13/h1-6,9H,7-8H2,(H,16,17). The molecule has 0 atom stereocenters. The summed E-state index contributed by atoms with van der Waals surface area (Å²) >= 11 is 11.6. The lowest BCUT2D eigenvalue weighted by molar-refractivity contribution is 1.01. The van der Waals surface area contributed by atoms with Crippen LogP contribution in [0.25, 0.3) is 0 Å². The lowest BCUT2D eigenvalue weighted by Gasteiger charge is -2.05. The molecular formula is C13H12Cl2N2. The molecule has 88 valence electrons. The summed E-state index contributed by atoms with van der Waals surface area (Å²) in [6.07, 6.45) is 2.56. The SMILES string of the molecule is Clc1ccc(CCNc2ccc(Cl)cn2)cc1. The highest BCUT2D eigenvalue weighted by atomic mass is 35.5. The monoisotopic (exact) mass is 266 g/mol. The molecule has 0 amide bonds. The minimum atomic E-state index is 0.647. The predicted octanol–water partition coefficient (Wildman–Crippen LogP) is 4.04. The Balaban J connectivity index is 1.83. The first kappa shape index (κ1) is 12.2. The molecule has 0 aliphatic rings. The highest BCUT2D eigenvalue weighted by Gasteiger charge is 1.95. The van der Waals surface area contributed by atoms with Crippen LogP contribution in [0.15, 0.2) is 42.6 Å². The van der Waals surface area contributed by atoms with Gasteiger partial charge in [0.05, 0.1) is 5.02 Å². The van der Waals surface area contributed by atoms with Crippen molar-refractivity contribution >= 4 is 29.0 Å². The summed E-state index contributed by atoms with van der Waals surface area (Å²) in [5.74, 6) is 0.836. The molecule has 0 unspecified atom stereocenters. The molecular weight excluding hydrogens is 255 g/mol. The van der Waals surface area contributed by atoms with Gasteiger partial charge in [-0.15, -0.1) is 0 Å². The molecule has 4 heteroatoms. The van der Waals surface area contributed by atoms with Gasteiger partial charge in [0.15, 0.2) is 0 Å². The van der Waals surface area contributed by atoms with E-state index in [-0.39, 0.29) is 0 Å². The van der Waals surface area contributed by atoms with E-state index >= 15 is 0 Å². The van der Waals surface area contributed by atoms with Gasteiger partial charge in [-0.25, -0.2) is 4.98 Å². The molecule has 1 aromatic carbocycles. The Morgan fingerprint density at radius 3 is 2.29 bits per heavy atom. The fourth-order valence-corrected chi connectivity index (χ4v) is 1.70. The van der Waals surface area contributed by atoms with Gasteiger partial charge in [-0.3, -0.25) is 0 Å². The van der Waals surface area contributed by atoms with Crippen LogP contribution >= 0.6 is 23.2 Å². The number of anilines is 1. The van der Waals surface area contributed by atoms with Crippen LogP contribution in [0.3, 0.4) is 0 Å². The summed E-state index contributed by atoms with van der Waals surface area (Å²) in [4.78, 5) is 4.16. The van der Waals surface area contributed by atoms with Crippen molar-refractivity contribution < 1.29 is 0 Å². The number of aromatic nitrogens is 1. The Hall–Kier alpha value is -1.25. The van der Waals surface area contributed by atoms with Gasteiger partial charge in [0.2, 0.25) is 0 Å². The van der Waals surface area contributed by atoms with Crippen molar-refractivity contribution in [3.8, 4) is 0 Å². The summed E-state index contributed by atoms with van der Waals surface area (Å²) in [7, 11) is 0. The highest BCUT2D eigenvalue weighted by molar-refractivity contribution is 6.30. The Bertz CT molecular complexity index is 420. The molecule has 0 saturated heterocycles. The number of hydrogen-bond donors (Lipinski definition) is 1. The van der Waals surface area contributed by atoms with Crippen molar-refractivity contribution in [1.82, 2.24) is 4.98 Å². The Kier molecular flexibility index (Phi) is 4.24. The summed E-state index contributed by atoms with van der Waals surface area (Å²) < 4.78 is 0. The van der Waals surface area contributed by atoms with Gasteiger partial charge in [-0.2, -0.15) is 0 Å². The van der Waals surface area contributed by atoms with Crippen LogP contribution in [0.1, 0.15) is 5.56 Å². The van der Waals surface area contributed by atoms with Crippen molar-refractivity contribution in [1.29, 1.82) is 0 Å². The molecule has 0 aliphatic heterocycles. The number of pyridine rings is 1. The molecule has 17 heavy (non-hydrogen) atoms. The topological polar surface area (TPSA) is 24.9 Å². The van der Waals surface area contributed by atoms with Gasteiger partial charge >= 0.3 is 0 Å². The summed E-state index contributed by atoms with van der Waals surface area (Å²) in [5.41, 5.74) is 1.25. The van der Waals surface area contributed by atoms with E-state index in [1.165, 1.54) is 5.56 Å². The molecule has 1 aromatic heterocycles. The molecule has 2 nitrogen and oxygen atoms in total. The van der Waals surface area contributed by atoms with Crippen molar-refractivity contribution in [3.05, 3.63) is 58.2 Å². The molecule has 2 aromatic rings. The predicted molar refractivity (Wildman–Crippen MR) is 72.9 cm³/mol. The second kappa shape index (κ2) is 5.89. The van der Waals surface area contributed by atoms with Gasteiger partial charge in [0.1, 0.15) is 5.82 Å². The van der Waals surface area contributed by atoms with E-state index in [4.69, 9.17) is 23.2 Å². The van der Waals surface area contributed by atoms with E-state index in [2.05, 4.69) is 10.3 Å². The van der Waals surface area contributed by atoms with Crippen LogP contribution in [0.2, 0.25) is 10.0 Å². The van der Waals surface area contributed by atoms with Crippen molar-refractivity contribution in [3.63, 3.8) is 0 Å². The number of benzene rings is 1. The maximum Gasteiger partial charge on any atom is 0.125 e. The van der Waals surface area contributed by atoms with E-state index in [0.29, 0.717) is 5.02 Å². The number of rotatable bonds is 4. The minimum Gasteiger partial charge on any atom is -0.370 e. The van der Waals surface area contributed by atoms with E-state index in [9.17, 15) is 0 Å². The van der Waals surface area contributed by atoms with Crippen LogP contribution in [0.5, 0.6) is 0 Å². The second-order valence-electron chi connectivity index (χ2n) is 3.66. The Labute approximate surface area is 111 Å². The smallest absolute Gasteiger partial charge is 0.125 e. The maximum absolute atomic E-state index is 5.82.